The van der Waals surface area contributed by atoms with Gasteiger partial charge in [0, 0.05) is 24.1 Å². The molecule has 4 nitrogen and oxygen atoms in total. The highest BCUT2D eigenvalue weighted by Gasteiger charge is 2.16. The smallest absolute Gasteiger partial charge is 0.251 e. The summed E-state index contributed by atoms with van der Waals surface area (Å²) in [5, 5.41) is 6.58. The summed E-state index contributed by atoms with van der Waals surface area (Å²) in [6.07, 6.45) is 0.660. The lowest BCUT2D eigenvalue weighted by atomic mass is 9.98. The zero-order chi connectivity index (χ0) is 20.6. The molecular formula is C24H23ClN2O2. The molecule has 0 bridgehead atoms. The minimum absolute atomic E-state index is 0.0836. The number of halogens is 1. The third kappa shape index (κ3) is 6.19. The first-order valence-electron chi connectivity index (χ1n) is 9.45. The van der Waals surface area contributed by atoms with E-state index in [-0.39, 0.29) is 17.9 Å². The fourth-order valence-electron chi connectivity index (χ4n) is 3.04. The molecule has 0 saturated carbocycles. The van der Waals surface area contributed by atoms with Gasteiger partial charge in [-0.2, -0.15) is 0 Å². The highest BCUT2D eigenvalue weighted by molar-refractivity contribution is 6.30. The van der Waals surface area contributed by atoms with Gasteiger partial charge in [-0.25, -0.2) is 0 Å². The van der Waals surface area contributed by atoms with Crippen LogP contribution in [0.4, 0.5) is 0 Å². The van der Waals surface area contributed by atoms with Crippen LogP contribution in [0.15, 0.2) is 78.9 Å². The van der Waals surface area contributed by atoms with Gasteiger partial charge in [0.25, 0.3) is 5.91 Å². The van der Waals surface area contributed by atoms with Crippen LogP contribution in [-0.2, 0) is 17.8 Å². The zero-order valence-electron chi connectivity index (χ0n) is 16.2. The van der Waals surface area contributed by atoms with Crippen LogP contribution in [0.25, 0.3) is 0 Å². The molecule has 0 aliphatic rings. The van der Waals surface area contributed by atoms with Crippen molar-refractivity contribution in [1.29, 1.82) is 0 Å². The van der Waals surface area contributed by atoms with Crippen molar-refractivity contribution in [2.75, 3.05) is 0 Å². The molecule has 2 N–H and O–H groups in total. The number of carbonyl (C=O) groups is 2. The summed E-state index contributed by atoms with van der Waals surface area (Å²) in [7, 11) is 0. The van der Waals surface area contributed by atoms with E-state index in [1.54, 1.807) is 12.1 Å². The molecule has 5 heteroatoms. The van der Waals surface area contributed by atoms with Crippen molar-refractivity contribution in [1.82, 2.24) is 10.6 Å². The van der Waals surface area contributed by atoms with E-state index < -0.39 is 0 Å². The summed E-state index contributed by atoms with van der Waals surface area (Å²) >= 11 is 5.99. The zero-order valence-corrected chi connectivity index (χ0v) is 16.9. The van der Waals surface area contributed by atoms with E-state index in [9.17, 15) is 9.59 Å². The van der Waals surface area contributed by atoms with Crippen molar-refractivity contribution in [3.8, 4) is 0 Å². The summed E-state index contributed by atoms with van der Waals surface area (Å²) < 4.78 is 0. The highest BCUT2D eigenvalue weighted by Crippen LogP contribution is 2.20. The average molecular weight is 407 g/mol. The average Bonchev–Trinajstić information content (AvgIpc) is 2.74. The fraction of sp³-hybridized carbons (Fsp3) is 0.167. The van der Waals surface area contributed by atoms with Gasteiger partial charge in [-0.3, -0.25) is 9.59 Å². The maximum absolute atomic E-state index is 12.8. The molecule has 0 spiro atoms. The molecule has 148 valence electrons. The van der Waals surface area contributed by atoms with Gasteiger partial charge >= 0.3 is 0 Å². The maximum atomic E-state index is 12.8. The van der Waals surface area contributed by atoms with Gasteiger partial charge in [-0.15, -0.1) is 0 Å². The first kappa shape index (κ1) is 20.6. The van der Waals surface area contributed by atoms with Crippen LogP contribution in [0.3, 0.4) is 0 Å². The molecule has 3 aromatic carbocycles. The van der Waals surface area contributed by atoms with Crippen molar-refractivity contribution >= 4 is 23.4 Å². The number of amides is 2. The summed E-state index contributed by atoms with van der Waals surface area (Å²) in [6.45, 7) is 1.92. The van der Waals surface area contributed by atoms with Gasteiger partial charge < -0.3 is 10.6 Å². The minimum atomic E-state index is -0.163. The second kappa shape index (κ2) is 9.89. The monoisotopic (exact) mass is 406 g/mol. The molecule has 2 amide bonds. The number of nitrogens with one attached hydrogen (secondary N) is 2. The third-order valence-corrected chi connectivity index (χ3v) is 4.87. The Morgan fingerprint density at radius 3 is 2.10 bits per heavy atom. The van der Waals surface area contributed by atoms with E-state index in [0.717, 1.165) is 16.7 Å². The lowest BCUT2D eigenvalue weighted by Crippen LogP contribution is -2.30. The lowest BCUT2D eigenvalue weighted by molar-refractivity contribution is -0.119. The van der Waals surface area contributed by atoms with E-state index in [0.29, 0.717) is 23.6 Å². The van der Waals surface area contributed by atoms with E-state index >= 15 is 0 Å². The Bertz CT molecular complexity index is 954. The molecule has 0 aliphatic carbocycles. The third-order valence-electron chi connectivity index (χ3n) is 4.62. The molecule has 1 atom stereocenters. The molecule has 3 rings (SSSR count). The molecule has 0 radical (unpaired) electrons. The molecule has 3 aromatic rings. The normalized spacial score (nSPS) is 11.5. The Kier molecular flexibility index (Phi) is 7.04. The van der Waals surface area contributed by atoms with Crippen molar-refractivity contribution in [3.63, 3.8) is 0 Å². The van der Waals surface area contributed by atoms with Gasteiger partial charge in [0.15, 0.2) is 0 Å². The van der Waals surface area contributed by atoms with Gasteiger partial charge in [0.2, 0.25) is 5.91 Å². The molecule has 0 saturated heterocycles. The topological polar surface area (TPSA) is 58.2 Å². The Morgan fingerprint density at radius 2 is 1.48 bits per heavy atom. The second-order valence-electron chi connectivity index (χ2n) is 6.87. The number of rotatable bonds is 7. The molecule has 29 heavy (non-hydrogen) atoms. The lowest BCUT2D eigenvalue weighted by Gasteiger charge is -2.20. The Morgan fingerprint density at radius 1 is 0.862 bits per heavy atom. The van der Waals surface area contributed by atoms with Crippen LogP contribution < -0.4 is 10.6 Å². The molecule has 0 fully saturated rings. The number of hydrogen-bond acceptors (Lipinski definition) is 2. The highest BCUT2D eigenvalue weighted by atomic mass is 35.5. The van der Waals surface area contributed by atoms with Gasteiger partial charge in [-0.05, 0) is 47.4 Å². The summed E-state index contributed by atoms with van der Waals surface area (Å²) in [4.78, 5) is 23.9. The number of carbonyl (C=O) groups excluding carboxylic acids is 2. The fourth-order valence-corrected chi connectivity index (χ4v) is 3.16. The number of benzene rings is 3. The van der Waals surface area contributed by atoms with Crippen LogP contribution >= 0.6 is 11.6 Å². The standard InChI is InChI=1S/C24H23ClN2O2/c1-17(28)26-16-19-7-11-21(12-8-19)24(29)27-23(20-5-3-2-4-6-20)15-18-9-13-22(25)14-10-18/h2-14,23H,15-16H2,1H3,(H,26,28)(H,27,29)/t23-/m0/s1. The van der Waals surface area contributed by atoms with Crippen molar-refractivity contribution in [2.45, 2.75) is 25.9 Å². The minimum Gasteiger partial charge on any atom is -0.352 e. The maximum Gasteiger partial charge on any atom is 0.251 e. The first-order chi connectivity index (χ1) is 14.0. The SMILES string of the molecule is CC(=O)NCc1ccc(C(=O)N[C@@H](Cc2ccc(Cl)cc2)c2ccccc2)cc1. The van der Waals surface area contributed by atoms with E-state index in [4.69, 9.17) is 11.6 Å². The van der Waals surface area contributed by atoms with Crippen LogP contribution in [0.5, 0.6) is 0 Å². The predicted molar refractivity (Wildman–Crippen MR) is 116 cm³/mol. The number of hydrogen-bond donors (Lipinski definition) is 2. The van der Waals surface area contributed by atoms with Crippen molar-refractivity contribution in [2.24, 2.45) is 0 Å². The van der Waals surface area contributed by atoms with Crippen LogP contribution in [0.1, 0.15) is 40.0 Å². The van der Waals surface area contributed by atoms with E-state index in [1.165, 1.54) is 6.92 Å². The second-order valence-corrected chi connectivity index (χ2v) is 7.31. The Labute approximate surface area is 175 Å². The molecule has 0 aromatic heterocycles. The summed E-state index contributed by atoms with van der Waals surface area (Å²) in [6, 6.07) is 24.7. The molecule has 0 heterocycles. The van der Waals surface area contributed by atoms with E-state index in [2.05, 4.69) is 10.6 Å². The van der Waals surface area contributed by atoms with Crippen LogP contribution in [0.2, 0.25) is 5.02 Å². The van der Waals surface area contributed by atoms with Gasteiger partial charge in [-0.1, -0.05) is 66.2 Å². The largest absolute Gasteiger partial charge is 0.352 e. The molecular weight excluding hydrogens is 384 g/mol. The van der Waals surface area contributed by atoms with Crippen molar-refractivity contribution < 1.29 is 9.59 Å². The molecule has 0 unspecified atom stereocenters. The summed E-state index contributed by atoms with van der Waals surface area (Å²) in [5.41, 5.74) is 3.65. The first-order valence-corrected chi connectivity index (χ1v) is 9.82. The Hall–Kier alpha value is -3.11. The van der Waals surface area contributed by atoms with Crippen LogP contribution in [0, 0.1) is 0 Å². The van der Waals surface area contributed by atoms with Crippen molar-refractivity contribution in [3.05, 3.63) is 106 Å². The Balaban J connectivity index is 1.73. The van der Waals surface area contributed by atoms with Gasteiger partial charge in [0.05, 0.1) is 6.04 Å². The van der Waals surface area contributed by atoms with E-state index in [1.807, 2.05) is 66.7 Å². The molecule has 0 aliphatic heterocycles. The predicted octanol–water partition coefficient (Wildman–Crippen LogP) is 4.69. The van der Waals surface area contributed by atoms with Gasteiger partial charge in [0.1, 0.15) is 0 Å². The quantitative estimate of drug-likeness (QED) is 0.598. The summed E-state index contributed by atoms with van der Waals surface area (Å²) in [5.74, 6) is -0.224. The van der Waals surface area contributed by atoms with Crippen LogP contribution in [-0.4, -0.2) is 11.8 Å².